The molecule has 0 radical (unpaired) electrons. The van der Waals surface area contributed by atoms with Gasteiger partial charge in [0.2, 0.25) is 11.8 Å². The van der Waals surface area contributed by atoms with E-state index in [-0.39, 0.29) is 18.7 Å². The molecule has 1 aliphatic rings. The van der Waals surface area contributed by atoms with Crippen molar-refractivity contribution < 1.29 is 19.5 Å². The van der Waals surface area contributed by atoms with E-state index < -0.39 is 30.0 Å². The number of H-pyrrole nitrogens is 2. The highest BCUT2D eigenvalue weighted by Crippen LogP contribution is 2.19. The Labute approximate surface area is 160 Å². The van der Waals surface area contributed by atoms with Crippen LogP contribution in [0.15, 0.2) is 25.0 Å². The molecule has 0 saturated carbocycles. The van der Waals surface area contributed by atoms with Crippen molar-refractivity contribution in [2.75, 3.05) is 6.54 Å². The second kappa shape index (κ2) is 8.65. The summed E-state index contributed by atoms with van der Waals surface area (Å²) in [5, 5.41) is 11.9. The molecule has 28 heavy (non-hydrogen) atoms. The number of aromatic nitrogens is 4. The minimum atomic E-state index is -1.16. The SMILES string of the molecule is NC(Cc1cnc[nH]1)C(=O)N1CCCC1C(=O)NC(Cc1cnc[nH]1)C(=O)O. The Kier molecular flexibility index (Phi) is 6.04. The molecule has 1 fully saturated rings. The highest BCUT2D eigenvalue weighted by molar-refractivity contribution is 5.92. The number of carbonyl (C=O) groups excluding carboxylic acids is 2. The van der Waals surface area contributed by atoms with Crippen molar-refractivity contribution in [3.63, 3.8) is 0 Å². The topological polar surface area (TPSA) is 170 Å². The summed E-state index contributed by atoms with van der Waals surface area (Å²) in [4.78, 5) is 51.8. The van der Waals surface area contributed by atoms with Crippen LogP contribution in [-0.2, 0) is 27.2 Å². The van der Waals surface area contributed by atoms with Gasteiger partial charge < -0.3 is 31.0 Å². The maximum absolute atomic E-state index is 12.7. The Balaban J connectivity index is 1.62. The maximum atomic E-state index is 12.7. The van der Waals surface area contributed by atoms with E-state index in [9.17, 15) is 19.5 Å². The number of aromatic amines is 2. The smallest absolute Gasteiger partial charge is 0.326 e. The first-order valence-electron chi connectivity index (χ1n) is 8.99. The number of nitrogens with two attached hydrogens (primary N) is 1. The van der Waals surface area contributed by atoms with E-state index in [1.807, 2.05) is 0 Å². The minimum absolute atomic E-state index is 0.0705. The molecule has 3 unspecified atom stereocenters. The van der Waals surface area contributed by atoms with Gasteiger partial charge in [0.15, 0.2) is 0 Å². The molecule has 2 aromatic heterocycles. The number of aliphatic carboxylic acids is 1. The molecule has 2 amide bonds. The number of nitrogens with zero attached hydrogens (tertiary/aromatic N) is 3. The molecule has 0 spiro atoms. The van der Waals surface area contributed by atoms with Gasteiger partial charge in [-0.3, -0.25) is 9.59 Å². The molecule has 1 saturated heterocycles. The summed E-state index contributed by atoms with van der Waals surface area (Å²) in [5.41, 5.74) is 7.33. The van der Waals surface area contributed by atoms with Gasteiger partial charge in [0.1, 0.15) is 12.1 Å². The van der Waals surface area contributed by atoms with E-state index in [0.717, 1.165) is 5.69 Å². The van der Waals surface area contributed by atoms with Gasteiger partial charge in [-0.2, -0.15) is 0 Å². The second-order valence-electron chi connectivity index (χ2n) is 6.76. The van der Waals surface area contributed by atoms with Gasteiger partial charge in [0, 0.05) is 43.2 Å². The molecule has 0 aromatic carbocycles. The number of hydrogen-bond donors (Lipinski definition) is 5. The first-order chi connectivity index (χ1) is 13.5. The summed E-state index contributed by atoms with van der Waals surface area (Å²) < 4.78 is 0. The van der Waals surface area contributed by atoms with Crippen molar-refractivity contribution in [1.82, 2.24) is 30.2 Å². The van der Waals surface area contributed by atoms with Crippen LogP contribution in [0.1, 0.15) is 24.2 Å². The predicted molar refractivity (Wildman–Crippen MR) is 96.9 cm³/mol. The zero-order valence-electron chi connectivity index (χ0n) is 15.2. The normalized spacial score (nSPS) is 18.6. The number of nitrogens with one attached hydrogen (secondary N) is 3. The molecular formula is C17H23N7O4. The summed E-state index contributed by atoms with van der Waals surface area (Å²) in [6, 6.07) is -2.66. The van der Waals surface area contributed by atoms with Crippen LogP contribution in [0.5, 0.6) is 0 Å². The lowest BCUT2D eigenvalue weighted by Crippen LogP contribution is -2.54. The Bertz CT molecular complexity index is 806. The van der Waals surface area contributed by atoms with Crippen molar-refractivity contribution in [2.45, 2.75) is 43.8 Å². The molecule has 1 aliphatic heterocycles. The molecule has 2 aromatic rings. The number of carboxylic acids is 1. The van der Waals surface area contributed by atoms with Crippen LogP contribution < -0.4 is 11.1 Å². The van der Waals surface area contributed by atoms with E-state index in [2.05, 4.69) is 25.3 Å². The third-order valence-corrected chi connectivity index (χ3v) is 4.74. The lowest BCUT2D eigenvalue weighted by molar-refractivity contribution is -0.144. The molecule has 6 N–H and O–H groups in total. The van der Waals surface area contributed by atoms with Crippen molar-refractivity contribution in [1.29, 1.82) is 0 Å². The zero-order valence-corrected chi connectivity index (χ0v) is 15.2. The summed E-state index contributed by atoms with van der Waals surface area (Å²) in [6.45, 7) is 0.409. The zero-order chi connectivity index (χ0) is 20.1. The van der Waals surface area contributed by atoms with Gasteiger partial charge in [-0.1, -0.05) is 0 Å². The Morgan fingerprint density at radius 3 is 2.43 bits per heavy atom. The Morgan fingerprint density at radius 2 is 1.86 bits per heavy atom. The summed E-state index contributed by atoms with van der Waals surface area (Å²) in [5.74, 6) is -1.99. The fourth-order valence-corrected chi connectivity index (χ4v) is 3.32. The van der Waals surface area contributed by atoms with Crippen molar-refractivity contribution in [2.24, 2.45) is 5.73 Å². The van der Waals surface area contributed by atoms with Gasteiger partial charge in [0.25, 0.3) is 0 Å². The van der Waals surface area contributed by atoms with Crippen LogP contribution in [0, 0.1) is 0 Å². The van der Waals surface area contributed by atoms with Gasteiger partial charge in [-0.05, 0) is 12.8 Å². The first kappa shape index (κ1) is 19.5. The van der Waals surface area contributed by atoms with E-state index in [0.29, 0.717) is 25.1 Å². The van der Waals surface area contributed by atoms with Gasteiger partial charge in [0.05, 0.1) is 18.7 Å². The van der Waals surface area contributed by atoms with Crippen LogP contribution in [0.25, 0.3) is 0 Å². The average Bonchev–Trinajstić information content (AvgIpc) is 3.42. The number of imidazole rings is 2. The van der Waals surface area contributed by atoms with E-state index >= 15 is 0 Å². The molecule has 3 heterocycles. The monoisotopic (exact) mass is 389 g/mol. The number of amides is 2. The van der Waals surface area contributed by atoms with Crippen LogP contribution in [-0.4, -0.2) is 72.4 Å². The third-order valence-electron chi connectivity index (χ3n) is 4.74. The summed E-state index contributed by atoms with van der Waals surface area (Å²) >= 11 is 0. The molecule has 3 rings (SSSR count). The molecule has 3 atom stereocenters. The van der Waals surface area contributed by atoms with Crippen molar-refractivity contribution in [3.05, 3.63) is 36.4 Å². The standard InChI is InChI=1S/C17H23N7O4/c18-12(4-10-6-19-8-21-10)16(26)24-3-1-2-14(24)15(25)23-13(17(27)28)5-11-7-20-9-22-11/h6-9,12-14H,1-5,18H2,(H,19,21)(H,20,22)(H,23,25)(H,27,28). The number of hydrogen-bond acceptors (Lipinski definition) is 6. The van der Waals surface area contributed by atoms with Crippen molar-refractivity contribution >= 4 is 17.8 Å². The molecule has 11 nitrogen and oxygen atoms in total. The Morgan fingerprint density at radius 1 is 1.21 bits per heavy atom. The lowest BCUT2D eigenvalue weighted by Gasteiger charge is -2.27. The second-order valence-corrected chi connectivity index (χ2v) is 6.76. The quantitative estimate of drug-likeness (QED) is 0.378. The largest absolute Gasteiger partial charge is 0.480 e. The molecule has 0 aliphatic carbocycles. The highest BCUT2D eigenvalue weighted by atomic mass is 16.4. The lowest BCUT2D eigenvalue weighted by atomic mass is 10.1. The molecule has 0 bridgehead atoms. The van der Waals surface area contributed by atoms with E-state index in [1.54, 1.807) is 6.20 Å². The molecule has 11 heteroatoms. The Hall–Kier alpha value is -3.21. The maximum Gasteiger partial charge on any atom is 0.326 e. The van der Waals surface area contributed by atoms with Crippen LogP contribution in [0.4, 0.5) is 0 Å². The first-order valence-corrected chi connectivity index (χ1v) is 8.99. The summed E-state index contributed by atoms with van der Waals surface area (Å²) in [7, 11) is 0. The highest BCUT2D eigenvalue weighted by Gasteiger charge is 2.37. The number of rotatable bonds is 8. The van der Waals surface area contributed by atoms with Gasteiger partial charge in [-0.15, -0.1) is 0 Å². The van der Waals surface area contributed by atoms with E-state index in [1.165, 1.54) is 23.8 Å². The molecule has 150 valence electrons. The van der Waals surface area contributed by atoms with Crippen LogP contribution in [0.2, 0.25) is 0 Å². The predicted octanol–water partition coefficient (Wildman–Crippen LogP) is -1.19. The number of carbonyl (C=O) groups is 3. The fraction of sp³-hybridized carbons (Fsp3) is 0.471. The average molecular weight is 389 g/mol. The van der Waals surface area contributed by atoms with Gasteiger partial charge in [-0.25, -0.2) is 14.8 Å². The summed E-state index contributed by atoms with van der Waals surface area (Å²) in [6.07, 6.45) is 7.50. The van der Waals surface area contributed by atoms with Crippen LogP contribution in [0.3, 0.4) is 0 Å². The van der Waals surface area contributed by atoms with Gasteiger partial charge >= 0.3 is 5.97 Å². The van der Waals surface area contributed by atoms with Crippen molar-refractivity contribution in [3.8, 4) is 0 Å². The number of carboxylic acid groups (broad SMARTS) is 1. The van der Waals surface area contributed by atoms with E-state index in [4.69, 9.17) is 5.73 Å². The fourth-order valence-electron chi connectivity index (χ4n) is 3.32. The third kappa shape index (κ3) is 4.55. The molecular weight excluding hydrogens is 366 g/mol. The number of likely N-dealkylation sites (tertiary alicyclic amines) is 1. The van der Waals surface area contributed by atoms with Crippen LogP contribution >= 0.6 is 0 Å². The minimum Gasteiger partial charge on any atom is -0.480 e.